The fraction of sp³-hybridized carbons (Fsp3) is 0.500. The molecule has 1 aliphatic carbocycles. The summed E-state index contributed by atoms with van der Waals surface area (Å²) >= 11 is 0. The summed E-state index contributed by atoms with van der Waals surface area (Å²) in [5.41, 5.74) is 0.776. The van der Waals surface area contributed by atoms with Crippen LogP contribution in [-0.4, -0.2) is 23.6 Å². The number of phenols is 1. The van der Waals surface area contributed by atoms with E-state index in [9.17, 15) is 9.18 Å². The quantitative estimate of drug-likeness (QED) is 0.658. The molecular formula is C14H19FN2O2. The van der Waals surface area contributed by atoms with E-state index in [0.717, 1.165) is 24.8 Å². The van der Waals surface area contributed by atoms with E-state index >= 15 is 0 Å². The number of phenolic OH excluding ortho intramolecular Hbond substituents is 1. The number of carbonyl (C=O) groups excluding carboxylic acids is 1. The summed E-state index contributed by atoms with van der Waals surface area (Å²) < 4.78 is 13.1. The molecule has 5 heteroatoms. The first kappa shape index (κ1) is 13.8. The summed E-state index contributed by atoms with van der Waals surface area (Å²) in [6.45, 7) is 1.24. The Hall–Kier alpha value is -1.62. The van der Waals surface area contributed by atoms with Crippen molar-refractivity contribution in [3.8, 4) is 5.75 Å². The van der Waals surface area contributed by atoms with Gasteiger partial charge in [-0.3, -0.25) is 4.79 Å². The molecule has 1 aromatic carbocycles. The van der Waals surface area contributed by atoms with E-state index in [1.54, 1.807) is 6.07 Å². The predicted molar refractivity (Wildman–Crippen MR) is 70.2 cm³/mol. The van der Waals surface area contributed by atoms with Crippen LogP contribution in [-0.2, 0) is 11.3 Å². The lowest BCUT2D eigenvalue weighted by Crippen LogP contribution is -2.26. The van der Waals surface area contributed by atoms with Crippen molar-refractivity contribution in [2.75, 3.05) is 6.54 Å². The van der Waals surface area contributed by atoms with Crippen molar-refractivity contribution in [3.63, 3.8) is 0 Å². The van der Waals surface area contributed by atoms with Crippen LogP contribution in [0.3, 0.4) is 0 Å². The molecule has 1 aromatic rings. The van der Waals surface area contributed by atoms with Gasteiger partial charge in [0, 0.05) is 19.0 Å². The van der Waals surface area contributed by atoms with E-state index in [-0.39, 0.29) is 11.7 Å². The Labute approximate surface area is 112 Å². The molecule has 0 aliphatic heterocycles. The normalized spacial score (nSPS) is 14.4. The number of carbonyl (C=O) groups is 1. The summed E-state index contributed by atoms with van der Waals surface area (Å²) in [6.07, 6.45) is 3.50. The number of rotatable bonds is 7. The average molecular weight is 266 g/mol. The Bertz CT molecular complexity index is 447. The highest BCUT2D eigenvalue weighted by Crippen LogP contribution is 2.18. The maximum atomic E-state index is 13.1. The zero-order chi connectivity index (χ0) is 13.7. The van der Waals surface area contributed by atoms with Gasteiger partial charge in [-0.1, -0.05) is 6.07 Å². The third-order valence-electron chi connectivity index (χ3n) is 3.04. The summed E-state index contributed by atoms with van der Waals surface area (Å²) in [6, 6.07) is 4.74. The van der Waals surface area contributed by atoms with Crippen LogP contribution in [0.15, 0.2) is 18.2 Å². The molecule has 1 saturated carbocycles. The number of nitrogens with one attached hydrogen (secondary N) is 2. The Morgan fingerprint density at radius 1 is 1.42 bits per heavy atom. The molecule has 1 amide bonds. The van der Waals surface area contributed by atoms with Crippen molar-refractivity contribution in [1.82, 2.24) is 10.6 Å². The van der Waals surface area contributed by atoms with Gasteiger partial charge in [-0.15, -0.1) is 0 Å². The molecule has 0 atom stereocenters. The van der Waals surface area contributed by atoms with Crippen LogP contribution in [0.4, 0.5) is 4.39 Å². The Balaban J connectivity index is 1.58. The number of halogens is 1. The van der Waals surface area contributed by atoms with Crippen molar-refractivity contribution in [1.29, 1.82) is 0 Å². The summed E-state index contributed by atoms with van der Waals surface area (Å²) in [5, 5.41) is 15.1. The highest BCUT2D eigenvalue weighted by molar-refractivity contribution is 5.76. The maximum Gasteiger partial charge on any atom is 0.220 e. The first-order valence-electron chi connectivity index (χ1n) is 6.62. The van der Waals surface area contributed by atoms with Crippen LogP contribution in [0, 0.1) is 5.82 Å². The molecule has 0 heterocycles. The Kier molecular flexibility index (Phi) is 4.74. The van der Waals surface area contributed by atoms with Gasteiger partial charge in [-0.2, -0.15) is 0 Å². The van der Waals surface area contributed by atoms with Crippen LogP contribution in [0.1, 0.15) is 31.2 Å². The zero-order valence-corrected chi connectivity index (χ0v) is 10.8. The molecule has 0 radical (unpaired) electrons. The largest absolute Gasteiger partial charge is 0.505 e. The van der Waals surface area contributed by atoms with Gasteiger partial charge in [0.2, 0.25) is 5.91 Å². The van der Waals surface area contributed by atoms with E-state index in [4.69, 9.17) is 5.11 Å². The smallest absolute Gasteiger partial charge is 0.220 e. The Morgan fingerprint density at radius 2 is 2.21 bits per heavy atom. The fourth-order valence-electron chi connectivity index (χ4n) is 1.79. The number of hydrogen-bond acceptors (Lipinski definition) is 3. The number of amides is 1. The number of benzene rings is 1. The van der Waals surface area contributed by atoms with E-state index < -0.39 is 5.82 Å². The molecule has 0 bridgehead atoms. The highest BCUT2D eigenvalue weighted by atomic mass is 19.1. The molecule has 0 saturated heterocycles. The number of aromatic hydroxyl groups is 1. The van der Waals surface area contributed by atoms with Gasteiger partial charge in [0.15, 0.2) is 11.6 Å². The van der Waals surface area contributed by atoms with Crippen LogP contribution < -0.4 is 10.6 Å². The van der Waals surface area contributed by atoms with Crippen LogP contribution >= 0.6 is 0 Å². The molecule has 4 nitrogen and oxygen atoms in total. The van der Waals surface area contributed by atoms with E-state index in [0.29, 0.717) is 25.6 Å². The van der Waals surface area contributed by atoms with Gasteiger partial charge >= 0.3 is 0 Å². The topological polar surface area (TPSA) is 61.4 Å². The third-order valence-corrected chi connectivity index (χ3v) is 3.04. The summed E-state index contributed by atoms with van der Waals surface area (Å²) in [7, 11) is 0. The molecule has 0 unspecified atom stereocenters. The highest BCUT2D eigenvalue weighted by Gasteiger charge is 2.22. The molecule has 3 N–H and O–H groups in total. The predicted octanol–water partition coefficient (Wildman–Crippen LogP) is 1.68. The minimum atomic E-state index is -0.608. The van der Waals surface area contributed by atoms with E-state index in [1.807, 2.05) is 0 Å². The minimum absolute atomic E-state index is 0.111. The van der Waals surface area contributed by atoms with Crippen molar-refractivity contribution in [3.05, 3.63) is 29.6 Å². The van der Waals surface area contributed by atoms with Gasteiger partial charge in [-0.05, 0) is 43.5 Å². The fourth-order valence-corrected chi connectivity index (χ4v) is 1.79. The Morgan fingerprint density at radius 3 is 2.89 bits per heavy atom. The van der Waals surface area contributed by atoms with Crippen molar-refractivity contribution in [2.24, 2.45) is 0 Å². The lowest BCUT2D eigenvalue weighted by atomic mass is 10.2. The zero-order valence-electron chi connectivity index (χ0n) is 10.8. The first-order chi connectivity index (χ1) is 9.15. The lowest BCUT2D eigenvalue weighted by molar-refractivity contribution is -0.121. The van der Waals surface area contributed by atoms with Gasteiger partial charge in [0.25, 0.3) is 0 Å². The third kappa shape index (κ3) is 4.87. The molecule has 19 heavy (non-hydrogen) atoms. The van der Waals surface area contributed by atoms with Crippen LogP contribution in [0.2, 0.25) is 0 Å². The monoisotopic (exact) mass is 266 g/mol. The summed E-state index contributed by atoms with van der Waals surface area (Å²) in [4.78, 5) is 11.4. The summed E-state index contributed by atoms with van der Waals surface area (Å²) in [5.74, 6) is -0.830. The number of hydrogen-bond donors (Lipinski definition) is 3. The SMILES string of the molecule is O=C(CCCNCc1ccc(O)c(F)c1)NC1CC1. The van der Waals surface area contributed by atoms with Crippen LogP contribution in [0.5, 0.6) is 5.75 Å². The second-order valence-electron chi connectivity index (χ2n) is 4.91. The second kappa shape index (κ2) is 6.52. The first-order valence-corrected chi connectivity index (χ1v) is 6.62. The molecule has 1 fully saturated rings. The average Bonchev–Trinajstić information content (AvgIpc) is 3.17. The second-order valence-corrected chi connectivity index (χ2v) is 4.91. The molecule has 0 spiro atoms. The van der Waals surface area contributed by atoms with Crippen molar-refractivity contribution < 1.29 is 14.3 Å². The van der Waals surface area contributed by atoms with Gasteiger partial charge in [0.05, 0.1) is 0 Å². The lowest BCUT2D eigenvalue weighted by Gasteiger charge is -2.06. The van der Waals surface area contributed by atoms with Gasteiger partial charge in [0.1, 0.15) is 0 Å². The molecule has 104 valence electrons. The van der Waals surface area contributed by atoms with E-state index in [1.165, 1.54) is 12.1 Å². The molecular weight excluding hydrogens is 247 g/mol. The molecule has 1 aliphatic rings. The van der Waals surface area contributed by atoms with Crippen molar-refractivity contribution in [2.45, 2.75) is 38.3 Å². The molecule has 2 rings (SSSR count). The maximum absolute atomic E-state index is 13.1. The van der Waals surface area contributed by atoms with Gasteiger partial charge < -0.3 is 15.7 Å². The molecule has 0 aromatic heterocycles. The van der Waals surface area contributed by atoms with E-state index in [2.05, 4.69) is 10.6 Å². The minimum Gasteiger partial charge on any atom is -0.505 e. The van der Waals surface area contributed by atoms with Crippen LogP contribution in [0.25, 0.3) is 0 Å². The van der Waals surface area contributed by atoms with Crippen molar-refractivity contribution >= 4 is 5.91 Å². The standard InChI is InChI=1S/C14H19FN2O2/c15-12-8-10(3-6-13(12)18)9-16-7-1-2-14(19)17-11-4-5-11/h3,6,8,11,16,18H,1-2,4-5,7,9H2,(H,17,19). The van der Waals surface area contributed by atoms with Gasteiger partial charge in [-0.25, -0.2) is 4.39 Å².